The number of sulfonamides is 1. The van der Waals surface area contributed by atoms with E-state index in [9.17, 15) is 13.5 Å². The van der Waals surface area contributed by atoms with Gasteiger partial charge in [0.1, 0.15) is 11.5 Å². The van der Waals surface area contributed by atoms with Gasteiger partial charge in [-0.1, -0.05) is 30.7 Å². The standard InChI is InChI=1S/C23H31NO5S/c1-17(23(25)20-5-4-6-20)30(26,27)24(15-18-7-11-21(28-2)12-8-18)16-19-9-13-22(29-3)14-10-19/h7-14,17,20,23,25H,4-6,15-16H2,1-3H3/t17-,23+/m0/s1. The van der Waals surface area contributed by atoms with Crippen LogP contribution in [-0.4, -0.2) is 43.4 Å². The largest absolute Gasteiger partial charge is 0.497 e. The first kappa shape index (κ1) is 22.6. The maximum atomic E-state index is 13.5. The zero-order chi connectivity index (χ0) is 21.7. The predicted octanol–water partition coefficient (Wildman–Crippen LogP) is 3.59. The Labute approximate surface area is 179 Å². The van der Waals surface area contributed by atoms with Gasteiger partial charge in [-0.2, -0.15) is 4.31 Å². The Balaban J connectivity index is 1.85. The number of nitrogens with zero attached hydrogens (tertiary/aromatic N) is 1. The fourth-order valence-electron chi connectivity index (χ4n) is 3.68. The van der Waals surface area contributed by atoms with E-state index < -0.39 is 21.4 Å². The molecular formula is C23H31NO5S. The average molecular weight is 434 g/mol. The molecular weight excluding hydrogens is 402 g/mol. The van der Waals surface area contributed by atoms with Crippen LogP contribution in [0.15, 0.2) is 48.5 Å². The molecule has 0 aromatic heterocycles. The fourth-order valence-corrected chi connectivity index (χ4v) is 5.38. The molecule has 164 valence electrons. The molecule has 1 N–H and O–H groups in total. The van der Waals surface area contributed by atoms with Crippen LogP contribution in [-0.2, 0) is 23.1 Å². The maximum Gasteiger partial charge on any atom is 0.219 e. The summed E-state index contributed by atoms with van der Waals surface area (Å²) in [4.78, 5) is 0. The Kier molecular flexibility index (Phi) is 7.39. The van der Waals surface area contributed by atoms with Crippen molar-refractivity contribution >= 4 is 10.0 Å². The van der Waals surface area contributed by atoms with Crippen LogP contribution in [0.4, 0.5) is 0 Å². The molecule has 3 rings (SSSR count). The first-order valence-electron chi connectivity index (χ1n) is 10.3. The van der Waals surface area contributed by atoms with Crippen molar-refractivity contribution in [3.8, 4) is 11.5 Å². The molecule has 0 amide bonds. The first-order chi connectivity index (χ1) is 14.3. The van der Waals surface area contributed by atoms with Crippen molar-refractivity contribution < 1.29 is 23.0 Å². The average Bonchev–Trinajstić information content (AvgIpc) is 2.72. The summed E-state index contributed by atoms with van der Waals surface area (Å²) in [6.07, 6.45) is 1.98. The van der Waals surface area contributed by atoms with Gasteiger partial charge in [0.15, 0.2) is 0 Å². The molecule has 2 aromatic rings. The number of rotatable bonds is 10. The van der Waals surface area contributed by atoms with Crippen molar-refractivity contribution in [2.45, 2.75) is 50.6 Å². The Bertz CT molecular complexity index is 858. The Morgan fingerprint density at radius 1 is 0.933 bits per heavy atom. The summed E-state index contributed by atoms with van der Waals surface area (Å²) >= 11 is 0. The van der Waals surface area contributed by atoms with Crippen LogP contribution in [0.2, 0.25) is 0 Å². The zero-order valence-corrected chi connectivity index (χ0v) is 18.6. The summed E-state index contributed by atoms with van der Waals surface area (Å²) in [6.45, 7) is 2.06. The lowest BCUT2D eigenvalue weighted by atomic mass is 9.80. The monoisotopic (exact) mass is 433 g/mol. The van der Waals surface area contributed by atoms with Gasteiger partial charge in [-0.25, -0.2) is 8.42 Å². The highest BCUT2D eigenvalue weighted by Gasteiger charge is 2.39. The van der Waals surface area contributed by atoms with Crippen LogP contribution < -0.4 is 9.47 Å². The quantitative estimate of drug-likeness (QED) is 0.620. The fraction of sp³-hybridized carbons (Fsp3) is 0.478. The molecule has 0 bridgehead atoms. The van der Waals surface area contributed by atoms with Gasteiger partial charge in [0, 0.05) is 13.1 Å². The Morgan fingerprint density at radius 3 is 1.70 bits per heavy atom. The first-order valence-corrected chi connectivity index (χ1v) is 11.8. The third kappa shape index (κ3) is 5.14. The van der Waals surface area contributed by atoms with Crippen LogP contribution in [0.25, 0.3) is 0 Å². The minimum absolute atomic E-state index is 0.0681. The molecule has 1 aliphatic carbocycles. The number of aliphatic hydroxyl groups excluding tert-OH is 1. The van der Waals surface area contributed by atoms with E-state index >= 15 is 0 Å². The number of methoxy groups -OCH3 is 2. The van der Waals surface area contributed by atoms with Crippen molar-refractivity contribution in [1.82, 2.24) is 4.31 Å². The van der Waals surface area contributed by atoms with Gasteiger partial charge in [-0.15, -0.1) is 0 Å². The van der Waals surface area contributed by atoms with Crippen molar-refractivity contribution in [3.63, 3.8) is 0 Å². The molecule has 2 atom stereocenters. The minimum Gasteiger partial charge on any atom is -0.497 e. The maximum absolute atomic E-state index is 13.5. The van der Waals surface area contributed by atoms with Gasteiger partial charge in [0.25, 0.3) is 0 Å². The Hall–Kier alpha value is -2.09. The highest BCUT2D eigenvalue weighted by molar-refractivity contribution is 7.89. The molecule has 0 aliphatic heterocycles. The molecule has 0 saturated heterocycles. The van der Waals surface area contributed by atoms with Crippen molar-refractivity contribution in [1.29, 1.82) is 0 Å². The smallest absolute Gasteiger partial charge is 0.219 e. The van der Waals surface area contributed by atoms with Crippen molar-refractivity contribution in [2.75, 3.05) is 14.2 Å². The lowest BCUT2D eigenvalue weighted by molar-refractivity contribution is 0.0606. The van der Waals surface area contributed by atoms with Gasteiger partial charge in [0.05, 0.1) is 25.6 Å². The molecule has 30 heavy (non-hydrogen) atoms. The molecule has 0 unspecified atom stereocenters. The SMILES string of the molecule is COc1ccc(CN(Cc2ccc(OC)cc2)S(=O)(=O)[C@@H](C)[C@@H](O)C2CCC2)cc1. The normalized spacial score (nSPS) is 16.7. The molecule has 7 heteroatoms. The van der Waals surface area contributed by atoms with Gasteiger partial charge in [-0.05, 0) is 61.1 Å². The highest BCUT2D eigenvalue weighted by atomic mass is 32.2. The van der Waals surface area contributed by atoms with Gasteiger partial charge in [-0.3, -0.25) is 0 Å². The van der Waals surface area contributed by atoms with Crippen molar-refractivity contribution in [3.05, 3.63) is 59.7 Å². The van der Waals surface area contributed by atoms with E-state index in [0.717, 1.165) is 41.9 Å². The topological polar surface area (TPSA) is 76.1 Å². The third-order valence-corrected chi connectivity index (χ3v) is 8.18. The van der Waals surface area contributed by atoms with Crippen LogP contribution in [0.3, 0.4) is 0 Å². The molecule has 0 heterocycles. The van der Waals surface area contributed by atoms with Crippen LogP contribution >= 0.6 is 0 Å². The van der Waals surface area contributed by atoms with E-state index in [4.69, 9.17) is 9.47 Å². The summed E-state index contributed by atoms with van der Waals surface area (Å²) in [5, 5.41) is 9.79. The number of hydrogen-bond donors (Lipinski definition) is 1. The molecule has 1 aliphatic rings. The highest BCUT2D eigenvalue weighted by Crippen LogP contribution is 2.33. The summed E-state index contributed by atoms with van der Waals surface area (Å²) in [5.41, 5.74) is 1.72. The van der Waals surface area contributed by atoms with Crippen LogP contribution in [0.5, 0.6) is 11.5 Å². The van der Waals surface area contributed by atoms with Gasteiger partial charge >= 0.3 is 0 Å². The number of hydrogen-bond acceptors (Lipinski definition) is 5. The van der Waals surface area contributed by atoms with Gasteiger partial charge in [0.2, 0.25) is 10.0 Å². The molecule has 6 nitrogen and oxygen atoms in total. The summed E-state index contributed by atoms with van der Waals surface area (Å²) in [6, 6.07) is 14.7. The zero-order valence-electron chi connectivity index (χ0n) is 17.8. The summed E-state index contributed by atoms with van der Waals surface area (Å²) in [5.74, 6) is 1.51. The molecule has 0 spiro atoms. The van der Waals surface area contributed by atoms with E-state index in [1.807, 2.05) is 48.5 Å². The molecule has 1 saturated carbocycles. The third-order valence-electron chi connectivity index (χ3n) is 5.98. The second-order valence-electron chi connectivity index (χ2n) is 7.90. The Morgan fingerprint density at radius 2 is 1.37 bits per heavy atom. The van der Waals surface area contributed by atoms with E-state index in [2.05, 4.69) is 0 Å². The van der Waals surface area contributed by atoms with E-state index in [-0.39, 0.29) is 19.0 Å². The van der Waals surface area contributed by atoms with E-state index in [1.165, 1.54) is 4.31 Å². The number of benzene rings is 2. The second kappa shape index (κ2) is 9.81. The summed E-state index contributed by atoms with van der Waals surface area (Å²) < 4.78 is 38.8. The van der Waals surface area contributed by atoms with Crippen LogP contribution in [0, 0.1) is 5.92 Å². The second-order valence-corrected chi connectivity index (χ2v) is 10.2. The van der Waals surface area contributed by atoms with Crippen molar-refractivity contribution in [2.24, 2.45) is 5.92 Å². The van der Waals surface area contributed by atoms with E-state index in [0.29, 0.717) is 0 Å². The van der Waals surface area contributed by atoms with Gasteiger partial charge < -0.3 is 14.6 Å². The molecule has 0 radical (unpaired) electrons. The van der Waals surface area contributed by atoms with E-state index in [1.54, 1.807) is 21.1 Å². The lowest BCUT2D eigenvalue weighted by Gasteiger charge is -2.35. The summed E-state index contributed by atoms with van der Waals surface area (Å²) in [7, 11) is -0.536. The number of ether oxygens (including phenoxy) is 2. The molecule has 1 fully saturated rings. The molecule has 2 aromatic carbocycles. The van der Waals surface area contributed by atoms with Crippen LogP contribution in [0.1, 0.15) is 37.3 Å². The number of aliphatic hydroxyl groups is 1. The minimum atomic E-state index is -3.73. The lowest BCUT2D eigenvalue weighted by Crippen LogP contribution is -2.46. The predicted molar refractivity (Wildman–Crippen MR) is 117 cm³/mol.